The molecular formula is C66H97NO9. The first kappa shape index (κ1) is 61.2. The average Bonchev–Trinajstić information content (AvgIpc) is 3.77. The van der Waals surface area contributed by atoms with Gasteiger partial charge in [-0.05, 0) is 48.9 Å². The van der Waals surface area contributed by atoms with Crippen molar-refractivity contribution < 1.29 is 42.7 Å². The van der Waals surface area contributed by atoms with Gasteiger partial charge in [-0.2, -0.15) is 0 Å². The van der Waals surface area contributed by atoms with Gasteiger partial charge in [0.15, 0.2) is 12.1 Å². The van der Waals surface area contributed by atoms with Crippen molar-refractivity contribution in [2.45, 2.75) is 250 Å². The van der Waals surface area contributed by atoms with Gasteiger partial charge < -0.3 is 43.2 Å². The van der Waals surface area contributed by atoms with E-state index in [4.69, 9.17) is 37.9 Å². The summed E-state index contributed by atoms with van der Waals surface area (Å²) in [7, 11) is 0. The van der Waals surface area contributed by atoms with Gasteiger partial charge in [0.25, 0.3) is 0 Å². The fraction of sp³-hybridized carbons (Fsp3) is 0.621. The standard InChI is InChI=1S/C66H97NO9/c1-5-7-8-9-10-11-12-13-14-15-16-17-18-19-20-21-22-23-24-37-46-60(68)67-57(61-58(6-2)75-66(3,4)76-61)51-73-65-64(72-50-56-44-35-28-36-45-56)63(71-49-55-42-33-27-34-43-55)62(70-48-54-40-31-26-32-41-54)59(74-65)52-69-47-53-38-29-25-30-39-53/h25-36,38-45,57-59,61-65H,5-24,37,46-52H2,1-4H3,(H,67,68)/t57-,58+,59?,61-,62?,63?,64?,65?/m0/s1. The van der Waals surface area contributed by atoms with Crippen LogP contribution in [0.1, 0.15) is 191 Å². The summed E-state index contributed by atoms with van der Waals surface area (Å²) in [5.41, 5.74) is 4.09. The second kappa shape index (κ2) is 36.2. The van der Waals surface area contributed by atoms with E-state index in [2.05, 4.69) is 43.4 Å². The molecule has 4 aromatic rings. The predicted octanol–water partition coefficient (Wildman–Crippen LogP) is 15.3. The van der Waals surface area contributed by atoms with E-state index in [1.807, 2.05) is 111 Å². The van der Waals surface area contributed by atoms with Crippen molar-refractivity contribution in [1.29, 1.82) is 0 Å². The van der Waals surface area contributed by atoms with Gasteiger partial charge in [0.05, 0.1) is 51.8 Å². The second-order valence-electron chi connectivity index (χ2n) is 21.8. The summed E-state index contributed by atoms with van der Waals surface area (Å²) in [6.07, 6.45) is 23.2. The molecule has 1 amide bonds. The van der Waals surface area contributed by atoms with Crippen molar-refractivity contribution in [3.8, 4) is 0 Å². The van der Waals surface area contributed by atoms with E-state index >= 15 is 0 Å². The van der Waals surface area contributed by atoms with E-state index in [0.717, 1.165) is 41.5 Å². The van der Waals surface area contributed by atoms with Crippen molar-refractivity contribution >= 4 is 5.91 Å². The minimum Gasteiger partial charge on any atom is -0.374 e. The largest absolute Gasteiger partial charge is 0.374 e. The quantitative estimate of drug-likeness (QED) is 0.0436. The summed E-state index contributed by atoms with van der Waals surface area (Å²) >= 11 is 0. The van der Waals surface area contributed by atoms with E-state index in [9.17, 15) is 4.79 Å². The third-order valence-electron chi connectivity index (χ3n) is 14.9. The number of benzene rings is 4. The predicted molar refractivity (Wildman–Crippen MR) is 304 cm³/mol. The first-order valence-electron chi connectivity index (χ1n) is 29.8. The van der Waals surface area contributed by atoms with E-state index in [0.29, 0.717) is 32.7 Å². The molecule has 2 aliphatic heterocycles. The van der Waals surface area contributed by atoms with Crippen molar-refractivity contribution in [1.82, 2.24) is 5.32 Å². The Morgan fingerprint density at radius 1 is 0.487 bits per heavy atom. The third-order valence-corrected chi connectivity index (χ3v) is 14.9. The Hall–Kier alpha value is -3.97. The number of rotatable bonds is 40. The fourth-order valence-electron chi connectivity index (χ4n) is 10.6. The van der Waals surface area contributed by atoms with Gasteiger partial charge in [0.1, 0.15) is 30.5 Å². The van der Waals surface area contributed by atoms with Crippen LogP contribution >= 0.6 is 0 Å². The number of nitrogens with one attached hydrogen (secondary N) is 1. The highest BCUT2D eigenvalue weighted by Crippen LogP contribution is 2.35. The zero-order valence-corrected chi connectivity index (χ0v) is 47.1. The lowest BCUT2D eigenvalue weighted by Gasteiger charge is -2.46. The summed E-state index contributed by atoms with van der Waals surface area (Å²) in [4.78, 5) is 14.0. The van der Waals surface area contributed by atoms with Crippen LogP contribution in [0.3, 0.4) is 0 Å². The molecule has 1 N–H and O–H groups in total. The molecule has 0 radical (unpaired) electrons. The van der Waals surface area contributed by atoms with Gasteiger partial charge in [0.2, 0.25) is 5.91 Å². The molecule has 0 saturated carbocycles. The third kappa shape index (κ3) is 23.2. The highest BCUT2D eigenvalue weighted by molar-refractivity contribution is 5.76. The molecule has 2 fully saturated rings. The smallest absolute Gasteiger partial charge is 0.220 e. The molecule has 0 aromatic heterocycles. The molecule has 4 aromatic carbocycles. The maximum atomic E-state index is 14.0. The summed E-state index contributed by atoms with van der Waals surface area (Å²) < 4.78 is 54.2. The zero-order chi connectivity index (χ0) is 53.3. The SMILES string of the molecule is CCCCCCCCCCCCCCCCCCCCCCC(=O)N[C@@H](COC1OC(COCc2ccccc2)C(OCc2ccccc2)C(OCc2ccccc2)C1OCc1ccccc1)[C@@H]1OC(C)(C)O[C@@H]1CC. The summed E-state index contributed by atoms with van der Waals surface area (Å²) in [6, 6.07) is 39.9. The van der Waals surface area contributed by atoms with E-state index in [-0.39, 0.29) is 31.8 Å². The molecule has 0 bridgehead atoms. The van der Waals surface area contributed by atoms with Crippen LogP contribution < -0.4 is 5.32 Å². The number of unbranched alkanes of at least 4 members (excludes halogenated alkanes) is 19. The van der Waals surface area contributed by atoms with Crippen LogP contribution in [0.2, 0.25) is 0 Å². The van der Waals surface area contributed by atoms with Gasteiger partial charge in [-0.25, -0.2) is 0 Å². The minimum absolute atomic E-state index is 0.0220. The van der Waals surface area contributed by atoms with Crippen LogP contribution in [0.25, 0.3) is 0 Å². The minimum atomic E-state index is -0.939. The summed E-state index contributed by atoms with van der Waals surface area (Å²) in [5.74, 6) is -0.851. The Balaban J connectivity index is 1.08. The maximum Gasteiger partial charge on any atom is 0.220 e. The van der Waals surface area contributed by atoms with Crippen molar-refractivity contribution in [2.24, 2.45) is 0 Å². The van der Waals surface area contributed by atoms with E-state index < -0.39 is 48.6 Å². The molecule has 2 heterocycles. The number of carbonyl (C=O) groups excluding carboxylic acids is 1. The number of carbonyl (C=O) groups is 1. The molecular weight excluding hydrogens is 951 g/mol. The van der Waals surface area contributed by atoms with E-state index in [1.54, 1.807) is 0 Å². The van der Waals surface area contributed by atoms with Crippen LogP contribution in [-0.4, -0.2) is 73.9 Å². The molecule has 76 heavy (non-hydrogen) atoms. The monoisotopic (exact) mass is 1050 g/mol. The highest BCUT2D eigenvalue weighted by atomic mass is 16.8. The van der Waals surface area contributed by atoms with Gasteiger partial charge in [-0.15, -0.1) is 0 Å². The van der Waals surface area contributed by atoms with Crippen LogP contribution in [0.4, 0.5) is 0 Å². The number of hydrogen-bond acceptors (Lipinski definition) is 9. The molecule has 420 valence electrons. The van der Waals surface area contributed by atoms with Crippen LogP contribution in [0.15, 0.2) is 121 Å². The van der Waals surface area contributed by atoms with Crippen LogP contribution in [-0.2, 0) is 69.1 Å². The number of hydrogen-bond donors (Lipinski definition) is 1. The fourth-order valence-corrected chi connectivity index (χ4v) is 10.6. The Bertz CT molecular complexity index is 2060. The molecule has 8 atom stereocenters. The van der Waals surface area contributed by atoms with Crippen LogP contribution in [0.5, 0.6) is 0 Å². The van der Waals surface area contributed by atoms with E-state index in [1.165, 1.54) is 109 Å². The summed E-state index contributed by atoms with van der Waals surface area (Å²) in [5, 5.41) is 3.36. The number of amides is 1. The van der Waals surface area contributed by atoms with Crippen molar-refractivity contribution in [2.75, 3.05) is 13.2 Å². The summed E-state index contributed by atoms with van der Waals surface area (Å²) in [6.45, 7) is 9.83. The Kier molecular flexibility index (Phi) is 29.2. The first-order valence-corrected chi connectivity index (χ1v) is 29.8. The lowest BCUT2D eigenvalue weighted by Crippen LogP contribution is -2.62. The Morgan fingerprint density at radius 3 is 1.34 bits per heavy atom. The highest BCUT2D eigenvalue weighted by Gasteiger charge is 2.50. The van der Waals surface area contributed by atoms with Crippen molar-refractivity contribution in [3.63, 3.8) is 0 Å². The van der Waals surface area contributed by atoms with Gasteiger partial charge in [0, 0.05) is 6.42 Å². The van der Waals surface area contributed by atoms with Crippen molar-refractivity contribution in [3.05, 3.63) is 144 Å². The average molecular weight is 1050 g/mol. The maximum absolute atomic E-state index is 14.0. The van der Waals surface area contributed by atoms with Gasteiger partial charge in [-0.1, -0.05) is 257 Å². The van der Waals surface area contributed by atoms with Gasteiger partial charge in [-0.3, -0.25) is 4.79 Å². The number of ether oxygens (including phenoxy) is 8. The molecule has 6 rings (SSSR count). The first-order chi connectivity index (χ1) is 37.3. The topological polar surface area (TPSA) is 103 Å². The normalized spacial score (nSPS) is 21.7. The molecule has 2 saturated heterocycles. The lowest BCUT2D eigenvalue weighted by atomic mass is 9.97. The zero-order valence-electron chi connectivity index (χ0n) is 47.1. The Labute approximate surface area is 459 Å². The second-order valence-corrected chi connectivity index (χ2v) is 21.8. The van der Waals surface area contributed by atoms with Crippen LogP contribution in [0, 0.1) is 0 Å². The molecule has 10 heteroatoms. The molecule has 0 spiro atoms. The Morgan fingerprint density at radius 2 is 0.895 bits per heavy atom. The molecule has 10 nitrogen and oxygen atoms in total. The molecule has 2 aliphatic rings. The lowest BCUT2D eigenvalue weighted by molar-refractivity contribution is -0.329. The molecule has 0 aliphatic carbocycles. The molecule has 5 unspecified atom stereocenters. The van der Waals surface area contributed by atoms with Gasteiger partial charge >= 0.3 is 0 Å².